The van der Waals surface area contributed by atoms with Crippen LogP contribution in [-0.4, -0.2) is 18.3 Å². The topological polar surface area (TPSA) is 29.1 Å². The normalized spacial score (nSPS) is 16.4. The van der Waals surface area contributed by atoms with Gasteiger partial charge in [-0.25, -0.2) is 13.2 Å². The van der Waals surface area contributed by atoms with E-state index in [4.69, 9.17) is 11.6 Å². The van der Waals surface area contributed by atoms with E-state index in [1.165, 1.54) is 0 Å². The van der Waals surface area contributed by atoms with Crippen molar-refractivity contribution in [1.82, 2.24) is 5.32 Å². The Morgan fingerprint density at radius 3 is 2.28 bits per heavy atom. The molecule has 0 bridgehead atoms. The Balaban J connectivity index is 2.09. The number of carbonyl (C=O) groups is 1. The maximum absolute atomic E-state index is 13.3. The first kappa shape index (κ1) is 13.2. The standard InChI is InChI=1S/C12H11ClF3NO/c13-5-12(1-2-12)6-17-11(18)10-8(15)3-7(14)4-9(10)16/h3-4H,1-2,5-6H2,(H,17,18). The quantitative estimate of drug-likeness (QED) is 0.843. The third-order valence-corrected chi connectivity index (χ3v) is 3.67. The number of hydrogen-bond acceptors (Lipinski definition) is 1. The number of benzene rings is 1. The molecule has 1 fully saturated rings. The molecule has 98 valence electrons. The molecule has 0 aliphatic heterocycles. The van der Waals surface area contributed by atoms with Gasteiger partial charge < -0.3 is 5.32 Å². The number of carbonyl (C=O) groups excluding carboxylic acids is 1. The number of nitrogens with one attached hydrogen (secondary N) is 1. The van der Waals surface area contributed by atoms with Crippen LogP contribution in [0.2, 0.25) is 0 Å². The second-order valence-corrected chi connectivity index (χ2v) is 4.83. The van der Waals surface area contributed by atoms with Crippen LogP contribution in [-0.2, 0) is 0 Å². The van der Waals surface area contributed by atoms with E-state index in [1.807, 2.05) is 0 Å². The number of alkyl halides is 1. The number of rotatable bonds is 4. The van der Waals surface area contributed by atoms with Crippen molar-refractivity contribution >= 4 is 17.5 Å². The van der Waals surface area contributed by atoms with Crippen molar-refractivity contribution < 1.29 is 18.0 Å². The fourth-order valence-corrected chi connectivity index (χ4v) is 2.01. The van der Waals surface area contributed by atoms with E-state index in [0.29, 0.717) is 18.0 Å². The van der Waals surface area contributed by atoms with Crippen molar-refractivity contribution in [2.75, 3.05) is 12.4 Å². The highest BCUT2D eigenvalue weighted by atomic mass is 35.5. The average Bonchev–Trinajstić information content (AvgIpc) is 3.05. The van der Waals surface area contributed by atoms with Crippen LogP contribution < -0.4 is 5.32 Å². The maximum atomic E-state index is 13.3. The summed E-state index contributed by atoms with van der Waals surface area (Å²) in [6.07, 6.45) is 1.76. The van der Waals surface area contributed by atoms with Crippen molar-refractivity contribution in [2.24, 2.45) is 5.41 Å². The summed E-state index contributed by atoms with van der Waals surface area (Å²) in [6, 6.07) is 0.957. The summed E-state index contributed by atoms with van der Waals surface area (Å²) in [5.41, 5.74) is -0.911. The molecule has 0 spiro atoms. The predicted octanol–water partition coefficient (Wildman–Crippen LogP) is 2.85. The lowest BCUT2D eigenvalue weighted by atomic mass is 10.1. The van der Waals surface area contributed by atoms with E-state index in [1.54, 1.807) is 0 Å². The van der Waals surface area contributed by atoms with Crippen LogP contribution in [0.5, 0.6) is 0 Å². The minimum Gasteiger partial charge on any atom is -0.351 e. The monoisotopic (exact) mass is 277 g/mol. The molecular weight excluding hydrogens is 267 g/mol. The molecule has 1 aliphatic rings. The van der Waals surface area contributed by atoms with Crippen LogP contribution in [0.1, 0.15) is 23.2 Å². The first-order chi connectivity index (χ1) is 8.47. The van der Waals surface area contributed by atoms with Crippen LogP contribution in [0.3, 0.4) is 0 Å². The Kier molecular flexibility index (Phi) is 3.52. The van der Waals surface area contributed by atoms with Gasteiger partial charge in [-0.15, -0.1) is 11.6 Å². The van der Waals surface area contributed by atoms with E-state index in [-0.39, 0.29) is 12.0 Å². The molecule has 0 radical (unpaired) electrons. The van der Waals surface area contributed by atoms with E-state index in [9.17, 15) is 18.0 Å². The van der Waals surface area contributed by atoms with Gasteiger partial charge in [0, 0.05) is 30.0 Å². The highest BCUT2D eigenvalue weighted by Gasteiger charge is 2.42. The molecule has 0 atom stereocenters. The molecule has 1 amide bonds. The zero-order valence-corrected chi connectivity index (χ0v) is 10.2. The molecule has 0 heterocycles. The van der Waals surface area contributed by atoms with Gasteiger partial charge in [0.2, 0.25) is 0 Å². The van der Waals surface area contributed by atoms with Gasteiger partial charge in [-0.3, -0.25) is 4.79 Å². The van der Waals surface area contributed by atoms with Gasteiger partial charge >= 0.3 is 0 Å². The molecule has 2 nitrogen and oxygen atoms in total. The third-order valence-electron chi connectivity index (χ3n) is 3.10. The molecule has 18 heavy (non-hydrogen) atoms. The van der Waals surface area contributed by atoms with Gasteiger partial charge in [-0.05, 0) is 12.8 Å². The molecule has 1 saturated carbocycles. The van der Waals surface area contributed by atoms with Gasteiger partial charge in [-0.1, -0.05) is 0 Å². The Hall–Kier alpha value is -1.23. The van der Waals surface area contributed by atoms with Gasteiger partial charge in [0.15, 0.2) is 0 Å². The molecule has 2 rings (SSSR count). The Morgan fingerprint density at radius 2 is 1.83 bits per heavy atom. The summed E-state index contributed by atoms with van der Waals surface area (Å²) >= 11 is 5.72. The molecule has 0 unspecified atom stereocenters. The van der Waals surface area contributed by atoms with Gasteiger partial charge in [-0.2, -0.15) is 0 Å². The van der Waals surface area contributed by atoms with Crippen molar-refractivity contribution in [3.05, 3.63) is 35.1 Å². The zero-order chi connectivity index (χ0) is 13.3. The van der Waals surface area contributed by atoms with Crippen molar-refractivity contribution in [2.45, 2.75) is 12.8 Å². The lowest BCUT2D eigenvalue weighted by Gasteiger charge is -2.13. The second kappa shape index (κ2) is 4.80. The van der Waals surface area contributed by atoms with Crippen LogP contribution in [0.25, 0.3) is 0 Å². The molecule has 0 aromatic heterocycles. The molecule has 6 heteroatoms. The first-order valence-electron chi connectivity index (χ1n) is 5.46. The summed E-state index contributed by atoms with van der Waals surface area (Å²) in [5, 5.41) is 2.43. The fourth-order valence-electron chi connectivity index (χ4n) is 1.65. The minimum absolute atomic E-state index is 0.149. The van der Waals surface area contributed by atoms with Crippen LogP contribution in [0, 0.1) is 22.9 Å². The highest BCUT2D eigenvalue weighted by molar-refractivity contribution is 6.18. The van der Waals surface area contributed by atoms with Gasteiger partial charge in [0.1, 0.15) is 23.0 Å². The second-order valence-electron chi connectivity index (χ2n) is 4.56. The minimum atomic E-state index is -1.21. The van der Waals surface area contributed by atoms with Crippen molar-refractivity contribution in [3.63, 3.8) is 0 Å². The lowest BCUT2D eigenvalue weighted by molar-refractivity contribution is 0.0938. The SMILES string of the molecule is O=C(NCC1(CCl)CC1)c1c(F)cc(F)cc1F. The number of halogens is 4. The number of amides is 1. The predicted molar refractivity (Wildman–Crippen MR) is 61.0 cm³/mol. The van der Waals surface area contributed by atoms with Crippen LogP contribution >= 0.6 is 11.6 Å². The van der Waals surface area contributed by atoms with E-state index in [0.717, 1.165) is 12.8 Å². The Morgan fingerprint density at radius 1 is 1.28 bits per heavy atom. The third kappa shape index (κ3) is 2.61. The van der Waals surface area contributed by atoms with Gasteiger partial charge in [0.25, 0.3) is 5.91 Å². The fraction of sp³-hybridized carbons (Fsp3) is 0.417. The Labute approximate surface area is 107 Å². The summed E-state index contributed by atoms with van der Waals surface area (Å²) in [4.78, 5) is 11.6. The molecule has 1 aliphatic carbocycles. The first-order valence-corrected chi connectivity index (χ1v) is 6.00. The van der Waals surface area contributed by atoms with E-state index in [2.05, 4.69) is 5.32 Å². The zero-order valence-electron chi connectivity index (χ0n) is 9.40. The molecule has 1 aromatic rings. The maximum Gasteiger partial charge on any atom is 0.257 e. The molecule has 1 N–H and O–H groups in total. The van der Waals surface area contributed by atoms with Gasteiger partial charge in [0.05, 0.1) is 0 Å². The van der Waals surface area contributed by atoms with E-state index >= 15 is 0 Å². The van der Waals surface area contributed by atoms with Crippen LogP contribution in [0.4, 0.5) is 13.2 Å². The number of hydrogen-bond donors (Lipinski definition) is 1. The smallest absolute Gasteiger partial charge is 0.257 e. The molecule has 1 aromatic carbocycles. The summed E-state index contributed by atoms with van der Waals surface area (Å²) in [5.74, 6) is -3.97. The molecule has 0 saturated heterocycles. The summed E-state index contributed by atoms with van der Waals surface area (Å²) in [7, 11) is 0. The van der Waals surface area contributed by atoms with Crippen molar-refractivity contribution in [1.29, 1.82) is 0 Å². The van der Waals surface area contributed by atoms with E-state index < -0.39 is 28.9 Å². The average molecular weight is 278 g/mol. The lowest BCUT2D eigenvalue weighted by Crippen LogP contribution is -2.32. The summed E-state index contributed by atoms with van der Waals surface area (Å²) < 4.78 is 39.3. The largest absolute Gasteiger partial charge is 0.351 e. The summed E-state index contributed by atoms with van der Waals surface area (Å²) in [6.45, 7) is 0.269. The molecular formula is C12H11ClF3NO. The van der Waals surface area contributed by atoms with Crippen molar-refractivity contribution in [3.8, 4) is 0 Å². The highest BCUT2D eigenvalue weighted by Crippen LogP contribution is 2.45. The Bertz CT molecular complexity index is 465. The van der Waals surface area contributed by atoms with Crippen LogP contribution in [0.15, 0.2) is 12.1 Å².